The van der Waals surface area contributed by atoms with E-state index in [1.54, 1.807) is 36.4 Å². The summed E-state index contributed by atoms with van der Waals surface area (Å²) in [6, 6.07) is 15.9. The first kappa shape index (κ1) is 16.9. The molecular weight excluding hydrogens is 384 g/mol. The fourth-order valence-electron chi connectivity index (χ4n) is 2.24. The van der Waals surface area contributed by atoms with E-state index in [-0.39, 0.29) is 16.5 Å². The van der Waals surface area contributed by atoms with Gasteiger partial charge in [0.2, 0.25) is 0 Å². The molecule has 1 heterocycles. The highest BCUT2D eigenvalue weighted by Crippen LogP contribution is 2.10. The Morgan fingerprint density at radius 3 is 2.16 bits per heavy atom. The molecule has 0 radical (unpaired) electrons. The van der Waals surface area contributed by atoms with Crippen LogP contribution >= 0.6 is 15.9 Å². The summed E-state index contributed by atoms with van der Waals surface area (Å²) < 4.78 is 0.917. The number of benzene rings is 2. The van der Waals surface area contributed by atoms with E-state index >= 15 is 0 Å². The van der Waals surface area contributed by atoms with Crippen LogP contribution in [0.5, 0.6) is 0 Å². The summed E-state index contributed by atoms with van der Waals surface area (Å²) in [4.78, 5) is 41.2. The first-order chi connectivity index (χ1) is 12.0. The quantitative estimate of drug-likeness (QED) is 0.654. The highest BCUT2D eigenvalue weighted by molar-refractivity contribution is 9.10. The van der Waals surface area contributed by atoms with E-state index < -0.39 is 11.1 Å². The number of Topliss-reactive ketones (excluding diaryl/α,β-unsaturated/α-hetero) is 1. The first-order valence-corrected chi connectivity index (χ1v) is 8.23. The van der Waals surface area contributed by atoms with Crippen molar-refractivity contribution < 1.29 is 4.79 Å². The average Bonchev–Trinajstić information content (AvgIpc) is 2.61. The van der Waals surface area contributed by atoms with Crippen molar-refractivity contribution >= 4 is 33.9 Å². The monoisotopic (exact) mass is 396 g/mol. The van der Waals surface area contributed by atoms with Crippen LogP contribution in [0.2, 0.25) is 0 Å². The van der Waals surface area contributed by atoms with Gasteiger partial charge in [0.25, 0.3) is 11.1 Å². The Kier molecular flexibility index (Phi) is 4.90. The largest absolute Gasteiger partial charge is 0.346 e. The number of rotatable bonds is 3. The molecule has 0 spiro atoms. The highest BCUT2D eigenvalue weighted by Gasteiger charge is 2.03. The number of aromatic nitrogens is 2. The Morgan fingerprint density at radius 2 is 1.48 bits per heavy atom. The van der Waals surface area contributed by atoms with Gasteiger partial charge >= 0.3 is 0 Å². The van der Waals surface area contributed by atoms with Gasteiger partial charge in [0.05, 0.1) is 0 Å². The van der Waals surface area contributed by atoms with Gasteiger partial charge in [-0.2, -0.15) is 0 Å². The number of hydrogen-bond donors (Lipinski definition) is 2. The minimum Gasteiger partial charge on any atom is -0.346 e. The maximum absolute atomic E-state index is 12.2. The summed E-state index contributed by atoms with van der Waals surface area (Å²) in [6.45, 7) is 0. The second-order valence-electron chi connectivity index (χ2n) is 5.31. The predicted octanol–water partition coefficient (Wildman–Crippen LogP) is 1.32. The number of carbonyl (C=O) groups excluding carboxylic acids is 1. The summed E-state index contributed by atoms with van der Waals surface area (Å²) in [5.41, 5.74) is 0.0586. The second-order valence-corrected chi connectivity index (χ2v) is 6.22. The topological polar surface area (TPSA) is 82.8 Å². The standard InChI is InChI=1S/C19H13BrN2O3/c20-14-8-6-12(7-9-14)10-15-18(24)22-19(25)16(21-15)11-17(23)13-4-2-1-3-5-13/h1-11,21H,(H,22,24,25)/b15-10+,16-11+. The van der Waals surface area contributed by atoms with E-state index in [0.717, 1.165) is 10.0 Å². The van der Waals surface area contributed by atoms with Crippen LogP contribution in [0.25, 0.3) is 12.2 Å². The molecule has 0 aliphatic carbocycles. The van der Waals surface area contributed by atoms with Gasteiger partial charge in [-0.05, 0) is 23.8 Å². The van der Waals surface area contributed by atoms with Crippen LogP contribution in [0, 0.1) is 0 Å². The Morgan fingerprint density at radius 1 is 0.840 bits per heavy atom. The number of carbonyl (C=O) groups is 1. The summed E-state index contributed by atoms with van der Waals surface area (Å²) >= 11 is 3.34. The number of halogens is 1. The second kappa shape index (κ2) is 7.27. The molecule has 0 aliphatic heterocycles. The first-order valence-electron chi connectivity index (χ1n) is 7.44. The molecule has 0 unspecified atom stereocenters. The van der Waals surface area contributed by atoms with Gasteiger partial charge in [-0.3, -0.25) is 19.4 Å². The number of aromatic amines is 2. The van der Waals surface area contributed by atoms with Gasteiger partial charge in [-0.15, -0.1) is 0 Å². The predicted molar refractivity (Wildman–Crippen MR) is 99.9 cm³/mol. The smallest absolute Gasteiger partial charge is 0.274 e. The molecule has 0 amide bonds. The lowest BCUT2D eigenvalue weighted by molar-refractivity contribution is 0.106. The average molecular weight is 397 g/mol. The zero-order valence-corrected chi connectivity index (χ0v) is 14.5. The van der Waals surface area contributed by atoms with Crippen LogP contribution in [0.3, 0.4) is 0 Å². The van der Waals surface area contributed by atoms with Crippen molar-refractivity contribution in [2.75, 3.05) is 0 Å². The molecule has 0 bridgehead atoms. The fraction of sp³-hybridized carbons (Fsp3) is 0. The van der Waals surface area contributed by atoms with E-state index in [4.69, 9.17) is 0 Å². The number of nitrogens with one attached hydrogen (secondary N) is 2. The summed E-state index contributed by atoms with van der Waals surface area (Å²) in [5.74, 6) is -0.324. The minimum atomic E-state index is -0.637. The van der Waals surface area contributed by atoms with Crippen molar-refractivity contribution in [1.29, 1.82) is 0 Å². The van der Waals surface area contributed by atoms with Gasteiger partial charge in [0.15, 0.2) is 5.78 Å². The molecule has 0 atom stereocenters. The highest BCUT2D eigenvalue weighted by atomic mass is 79.9. The third-order valence-electron chi connectivity index (χ3n) is 3.50. The maximum Gasteiger partial charge on any atom is 0.274 e. The molecule has 6 heteroatoms. The zero-order valence-electron chi connectivity index (χ0n) is 13.0. The Bertz CT molecular complexity index is 1140. The number of H-pyrrole nitrogens is 2. The lowest BCUT2D eigenvalue weighted by Crippen LogP contribution is -2.47. The number of hydrogen-bond acceptors (Lipinski definition) is 3. The molecule has 124 valence electrons. The SMILES string of the molecule is O=C(/C=c1/[nH]/c(=C/c2ccc(Br)cc2)c(=O)[nH]c1=O)c1ccccc1. The van der Waals surface area contributed by atoms with Gasteiger partial charge in [-0.1, -0.05) is 58.4 Å². The molecule has 3 rings (SSSR count). The van der Waals surface area contributed by atoms with E-state index in [2.05, 4.69) is 25.9 Å². The van der Waals surface area contributed by atoms with Gasteiger partial charge in [0.1, 0.15) is 10.7 Å². The lowest BCUT2D eigenvalue weighted by Gasteiger charge is -1.96. The maximum atomic E-state index is 12.2. The Balaban J connectivity index is 2.12. The van der Waals surface area contributed by atoms with Crippen molar-refractivity contribution in [2.45, 2.75) is 0 Å². The molecule has 0 saturated carbocycles. The Labute approximate surface area is 150 Å². The van der Waals surface area contributed by atoms with Crippen LogP contribution in [0.4, 0.5) is 0 Å². The van der Waals surface area contributed by atoms with Crippen molar-refractivity contribution in [1.82, 2.24) is 9.97 Å². The summed E-state index contributed by atoms with van der Waals surface area (Å²) in [6.07, 6.45) is 2.79. The molecule has 5 nitrogen and oxygen atoms in total. The van der Waals surface area contributed by atoms with Crippen molar-refractivity contribution in [3.63, 3.8) is 0 Å². The zero-order chi connectivity index (χ0) is 17.8. The van der Waals surface area contributed by atoms with E-state index in [9.17, 15) is 14.4 Å². The summed E-state index contributed by atoms with van der Waals surface area (Å²) in [7, 11) is 0. The van der Waals surface area contributed by atoms with E-state index in [1.165, 1.54) is 6.08 Å². The van der Waals surface area contributed by atoms with E-state index in [1.807, 2.05) is 24.3 Å². The molecule has 0 fully saturated rings. The third-order valence-corrected chi connectivity index (χ3v) is 4.03. The van der Waals surface area contributed by atoms with Crippen molar-refractivity contribution in [2.24, 2.45) is 0 Å². The van der Waals surface area contributed by atoms with Gasteiger partial charge < -0.3 is 4.98 Å². The minimum absolute atomic E-state index is 0.0248. The molecule has 0 aliphatic rings. The Hall–Kier alpha value is -2.99. The molecule has 3 aromatic rings. The normalized spacial score (nSPS) is 12.4. The fourth-order valence-corrected chi connectivity index (χ4v) is 2.51. The van der Waals surface area contributed by atoms with E-state index in [0.29, 0.717) is 5.56 Å². The molecule has 2 aromatic carbocycles. The lowest BCUT2D eigenvalue weighted by atomic mass is 10.1. The molecule has 1 aromatic heterocycles. The molecule has 25 heavy (non-hydrogen) atoms. The molecule has 0 saturated heterocycles. The van der Waals surface area contributed by atoms with Crippen LogP contribution in [-0.4, -0.2) is 15.8 Å². The molecule has 2 N–H and O–H groups in total. The van der Waals surface area contributed by atoms with Crippen LogP contribution in [-0.2, 0) is 0 Å². The number of ketones is 1. The van der Waals surface area contributed by atoms with Crippen molar-refractivity contribution in [3.8, 4) is 0 Å². The summed E-state index contributed by atoms with van der Waals surface area (Å²) in [5, 5.41) is 0.214. The third kappa shape index (κ3) is 4.10. The van der Waals surface area contributed by atoms with Crippen LogP contribution in [0.1, 0.15) is 15.9 Å². The molecular formula is C19H13BrN2O3. The van der Waals surface area contributed by atoms with Crippen molar-refractivity contribution in [3.05, 3.63) is 102 Å². The van der Waals surface area contributed by atoms with Gasteiger partial charge in [-0.25, -0.2) is 0 Å². The van der Waals surface area contributed by atoms with Crippen LogP contribution in [0.15, 0.2) is 68.7 Å². The van der Waals surface area contributed by atoms with Gasteiger partial charge in [0, 0.05) is 16.1 Å². The van der Waals surface area contributed by atoms with Crippen LogP contribution < -0.4 is 21.8 Å².